The molecule has 1 rings (SSSR count). The van der Waals surface area contributed by atoms with Crippen LogP contribution < -0.4 is 4.90 Å². The number of anilines is 1. The number of nitrogens with zero attached hydrogens (tertiary/aromatic N) is 1. The van der Waals surface area contributed by atoms with Gasteiger partial charge in [0.2, 0.25) is 0 Å². The van der Waals surface area contributed by atoms with Gasteiger partial charge in [-0.1, -0.05) is 18.2 Å². The van der Waals surface area contributed by atoms with Crippen LogP contribution in [0.5, 0.6) is 0 Å². The molecule has 1 aromatic rings. The van der Waals surface area contributed by atoms with Crippen molar-refractivity contribution in [1.29, 1.82) is 0 Å². The SMILES string of the molecule is COC(=O)[C@@H](C)N(c1ccccc1)[C@@H](C)C(=O)OC. The molecule has 0 fully saturated rings. The first-order valence-corrected chi connectivity index (χ1v) is 6.02. The van der Waals surface area contributed by atoms with Crippen molar-refractivity contribution in [3.05, 3.63) is 30.3 Å². The fourth-order valence-corrected chi connectivity index (χ4v) is 1.95. The highest BCUT2D eigenvalue weighted by molar-refractivity contribution is 5.85. The zero-order valence-electron chi connectivity index (χ0n) is 11.6. The number of hydrogen-bond donors (Lipinski definition) is 0. The normalized spacial score (nSPS) is 13.3. The van der Waals surface area contributed by atoms with Crippen LogP contribution in [-0.4, -0.2) is 38.2 Å². The molecule has 0 heterocycles. The van der Waals surface area contributed by atoms with E-state index >= 15 is 0 Å². The van der Waals surface area contributed by atoms with Crippen LogP contribution in [-0.2, 0) is 19.1 Å². The zero-order chi connectivity index (χ0) is 14.4. The summed E-state index contributed by atoms with van der Waals surface area (Å²) in [5.41, 5.74) is 0.762. The lowest BCUT2D eigenvalue weighted by atomic mass is 10.1. The van der Waals surface area contributed by atoms with Crippen molar-refractivity contribution >= 4 is 17.6 Å². The third-order valence-electron chi connectivity index (χ3n) is 2.97. The molecule has 1 aromatic carbocycles. The molecular formula is C14H19NO4. The molecule has 0 N–H and O–H groups in total. The number of benzene rings is 1. The molecule has 0 saturated carbocycles. The second kappa shape index (κ2) is 6.78. The van der Waals surface area contributed by atoms with E-state index in [0.717, 1.165) is 5.69 Å². The van der Waals surface area contributed by atoms with E-state index in [2.05, 4.69) is 0 Å². The molecule has 0 spiro atoms. The fraction of sp³-hybridized carbons (Fsp3) is 0.429. The van der Waals surface area contributed by atoms with Crippen LogP contribution in [0.1, 0.15) is 13.8 Å². The van der Waals surface area contributed by atoms with Crippen LogP contribution in [0.25, 0.3) is 0 Å². The standard InChI is InChI=1S/C14H19NO4/c1-10(13(16)18-3)15(11(2)14(17)19-4)12-8-6-5-7-9-12/h5-11H,1-4H3/t10-,11+. The molecule has 0 aliphatic carbocycles. The summed E-state index contributed by atoms with van der Waals surface area (Å²) in [7, 11) is 2.65. The molecule has 0 saturated heterocycles. The Morgan fingerprint density at radius 3 is 1.74 bits per heavy atom. The monoisotopic (exact) mass is 265 g/mol. The summed E-state index contributed by atoms with van der Waals surface area (Å²) in [5.74, 6) is -0.806. The number of carbonyl (C=O) groups excluding carboxylic acids is 2. The molecular weight excluding hydrogens is 246 g/mol. The molecule has 5 nitrogen and oxygen atoms in total. The van der Waals surface area contributed by atoms with Gasteiger partial charge in [0.1, 0.15) is 12.1 Å². The first-order valence-electron chi connectivity index (χ1n) is 6.02. The van der Waals surface area contributed by atoms with Crippen molar-refractivity contribution < 1.29 is 19.1 Å². The number of para-hydroxylation sites is 1. The van der Waals surface area contributed by atoms with E-state index in [1.54, 1.807) is 18.7 Å². The summed E-state index contributed by atoms with van der Waals surface area (Å²) in [6, 6.07) is 8.06. The van der Waals surface area contributed by atoms with E-state index in [0.29, 0.717) is 0 Å². The average Bonchev–Trinajstić information content (AvgIpc) is 2.46. The third kappa shape index (κ3) is 3.47. The summed E-state index contributed by atoms with van der Waals surface area (Å²) in [6.45, 7) is 3.39. The van der Waals surface area contributed by atoms with Crippen LogP contribution >= 0.6 is 0 Å². The fourth-order valence-electron chi connectivity index (χ4n) is 1.95. The number of esters is 2. The zero-order valence-corrected chi connectivity index (χ0v) is 11.6. The minimum absolute atomic E-state index is 0.403. The predicted molar refractivity (Wildman–Crippen MR) is 71.9 cm³/mol. The molecule has 0 amide bonds. The van der Waals surface area contributed by atoms with Gasteiger partial charge in [0.15, 0.2) is 0 Å². The minimum atomic E-state index is -0.582. The molecule has 104 valence electrons. The quantitative estimate of drug-likeness (QED) is 0.757. The third-order valence-corrected chi connectivity index (χ3v) is 2.97. The lowest BCUT2D eigenvalue weighted by Crippen LogP contribution is -2.49. The lowest BCUT2D eigenvalue weighted by molar-refractivity contribution is -0.144. The molecule has 2 atom stereocenters. The second-order valence-electron chi connectivity index (χ2n) is 4.14. The van der Waals surface area contributed by atoms with E-state index < -0.39 is 24.0 Å². The van der Waals surface area contributed by atoms with Gasteiger partial charge in [-0.2, -0.15) is 0 Å². The minimum Gasteiger partial charge on any atom is -0.467 e. The van der Waals surface area contributed by atoms with Gasteiger partial charge in [-0.15, -0.1) is 0 Å². The van der Waals surface area contributed by atoms with Gasteiger partial charge in [0.25, 0.3) is 0 Å². The first-order chi connectivity index (χ1) is 9.02. The van der Waals surface area contributed by atoms with Crippen molar-refractivity contribution in [3.63, 3.8) is 0 Å². The van der Waals surface area contributed by atoms with Crippen LogP contribution in [0.3, 0.4) is 0 Å². The van der Waals surface area contributed by atoms with E-state index in [9.17, 15) is 9.59 Å². The lowest BCUT2D eigenvalue weighted by Gasteiger charge is -2.33. The van der Waals surface area contributed by atoms with E-state index in [1.807, 2.05) is 30.3 Å². The maximum Gasteiger partial charge on any atom is 0.328 e. The first kappa shape index (κ1) is 15.0. The van der Waals surface area contributed by atoms with Crippen LogP contribution in [0, 0.1) is 0 Å². The van der Waals surface area contributed by atoms with Crippen LogP contribution in [0.15, 0.2) is 30.3 Å². The second-order valence-corrected chi connectivity index (χ2v) is 4.14. The summed E-state index contributed by atoms with van der Waals surface area (Å²) in [6.07, 6.45) is 0. The molecule has 0 bridgehead atoms. The summed E-state index contributed by atoms with van der Waals surface area (Å²) >= 11 is 0. The Kier molecular flexibility index (Phi) is 5.36. The van der Waals surface area contributed by atoms with Crippen molar-refractivity contribution in [1.82, 2.24) is 0 Å². The van der Waals surface area contributed by atoms with Gasteiger partial charge in [-0.3, -0.25) is 0 Å². The van der Waals surface area contributed by atoms with Crippen molar-refractivity contribution in [2.24, 2.45) is 0 Å². The Hall–Kier alpha value is -2.04. The molecule has 19 heavy (non-hydrogen) atoms. The molecule has 0 aliphatic rings. The molecule has 5 heteroatoms. The predicted octanol–water partition coefficient (Wildman–Crippen LogP) is 1.62. The van der Waals surface area contributed by atoms with E-state index in [-0.39, 0.29) is 0 Å². The summed E-state index contributed by atoms with van der Waals surface area (Å²) in [4.78, 5) is 25.1. The number of rotatable bonds is 5. The highest BCUT2D eigenvalue weighted by Crippen LogP contribution is 2.21. The molecule has 0 unspecified atom stereocenters. The Balaban J connectivity index is 3.11. The molecule has 0 aliphatic heterocycles. The van der Waals surface area contributed by atoms with Crippen molar-refractivity contribution in [2.45, 2.75) is 25.9 Å². The van der Waals surface area contributed by atoms with Gasteiger partial charge in [0.05, 0.1) is 14.2 Å². The van der Waals surface area contributed by atoms with Crippen LogP contribution in [0.4, 0.5) is 5.69 Å². The van der Waals surface area contributed by atoms with Gasteiger partial charge in [0, 0.05) is 5.69 Å². The largest absolute Gasteiger partial charge is 0.467 e. The van der Waals surface area contributed by atoms with Crippen molar-refractivity contribution in [3.8, 4) is 0 Å². The number of carbonyl (C=O) groups is 2. The highest BCUT2D eigenvalue weighted by atomic mass is 16.5. The Morgan fingerprint density at radius 2 is 1.37 bits per heavy atom. The summed E-state index contributed by atoms with van der Waals surface area (Å²) < 4.78 is 9.49. The number of methoxy groups -OCH3 is 2. The average molecular weight is 265 g/mol. The van der Waals surface area contributed by atoms with Gasteiger partial charge >= 0.3 is 11.9 Å². The number of hydrogen-bond acceptors (Lipinski definition) is 5. The Morgan fingerprint density at radius 1 is 0.947 bits per heavy atom. The number of ether oxygens (including phenoxy) is 2. The Labute approximate surface area is 113 Å². The Bertz CT molecular complexity index is 410. The smallest absolute Gasteiger partial charge is 0.328 e. The topological polar surface area (TPSA) is 55.8 Å². The van der Waals surface area contributed by atoms with E-state index in [1.165, 1.54) is 14.2 Å². The van der Waals surface area contributed by atoms with Gasteiger partial charge < -0.3 is 14.4 Å². The van der Waals surface area contributed by atoms with Crippen LogP contribution in [0.2, 0.25) is 0 Å². The molecule has 0 aromatic heterocycles. The van der Waals surface area contributed by atoms with Crippen molar-refractivity contribution in [2.75, 3.05) is 19.1 Å². The van der Waals surface area contributed by atoms with Gasteiger partial charge in [-0.25, -0.2) is 9.59 Å². The van der Waals surface area contributed by atoms with E-state index in [4.69, 9.17) is 9.47 Å². The maximum atomic E-state index is 11.7. The highest BCUT2D eigenvalue weighted by Gasteiger charge is 2.31. The summed E-state index contributed by atoms with van der Waals surface area (Å²) in [5, 5.41) is 0. The maximum absolute atomic E-state index is 11.7. The molecule has 0 radical (unpaired) electrons. The van der Waals surface area contributed by atoms with Gasteiger partial charge in [-0.05, 0) is 26.0 Å².